The number of aromatic hydroxyl groups is 1. The molecule has 168 valence electrons. The molecule has 0 saturated carbocycles. The van der Waals surface area contributed by atoms with E-state index in [1.165, 1.54) is 7.11 Å². The van der Waals surface area contributed by atoms with Gasteiger partial charge in [0.15, 0.2) is 11.5 Å². The summed E-state index contributed by atoms with van der Waals surface area (Å²) in [5, 5.41) is 25.7. The highest BCUT2D eigenvalue weighted by molar-refractivity contribution is 6.06. The molecule has 0 aliphatic carbocycles. The molecular formula is C26H26N4O3. The predicted molar refractivity (Wildman–Crippen MR) is 128 cm³/mol. The van der Waals surface area contributed by atoms with Crippen LogP contribution in [-0.2, 0) is 6.42 Å². The molecule has 0 radical (unpaired) electrons. The molecule has 33 heavy (non-hydrogen) atoms. The van der Waals surface area contributed by atoms with Crippen LogP contribution >= 0.6 is 0 Å². The first-order valence-corrected chi connectivity index (χ1v) is 10.8. The Morgan fingerprint density at radius 3 is 2.76 bits per heavy atom. The maximum Gasteiger partial charge on any atom is 0.259 e. The Labute approximate surface area is 193 Å². The van der Waals surface area contributed by atoms with Crippen LogP contribution in [0.25, 0.3) is 0 Å². The second kappa shape index (κ2) is 10.1. The van der Waals surface area contributed by atoms with Gasteiger partial charge < -0.3 is 25.4 Å². The van der Waals surface area contributed by atoms with Crippen LogP contribution in [0.15, 0.2) is 66.7 Å². The molecule has 1 saturated heterocycles. The van der Waals surface area contributed by atoms with Crippen LogP contribution in [0.1, 0.15) is 21.5 Å². The lowest BCUT2D eigenvalue weighted by Gasteiger charge is -2.38. The number of hydrogen-bond acceptors (Lipinski definition) is 6. The molecule has 4 rings (SSSR count). The lowest BCUT2D eigenvalue weighted by atomic mass is 10.0. The van der Waals surface area contributed by atoms with Crippen molar-refractivity contribution in [2.45, 2.75) is 12.5 Å². The SMILES string of the molecule is COc1cccc(C(=O)Nc2ccc(N3CCNCC3Cc3cccc(C#N)c3)cc2)c1O. The summed E-state index contributed by atoms with van der Waals surface area (Å²) < 4.78 is 5.08. The summed E-state index contributed by atoms with van der Waals surface area (Å²) >= 11 is 0. The Hall–Kier alpha value is -4.02. The van der Waals surface area contributed by atoms with Gasteiger partial charge in [-0.25, -0.2) is 0 Å². The van der Waals surface area contributed by atoms with Crippen molar-refractivity contribution in [3.63, 3.8) is 0 Å². The summed E-state index contributed by atoms with van der Waals surface area (Å²) in [6.45, 7) is 2.61. The molecule has 1 aliphatic heterocycles. The maximum atomic E-state index is 12.6. The number of anilines is 2. The number of para-hydroxylation sites is 1. The van der Waals surface area contributed by atoms with Gasteiger partial charge in [-0.15, -0.1) is 0 Å². The summed E-state index contributed by atoms with van der Waals surface area (Å²) in [5.74, 6) is -0.335. The maximum absolute atomic E-state index is 12.6. The zero-order valence-corrected chi connectivity index (χ0v) is 18.4. The first-order chi connectivity index (χ1) is 16.1. The molecule has 1 aliphatic rings. The number of rotatable bonds is 6. The van der Waals surface area contributed by atoms with Gasteiger partial charge in [-0.1, -0.05) is 18.2 Å². The van der Waals surface area contributed by atoms with E-state index in [1.807, 2.05) is 42.5 Å². The lowest BCUT2D eigenvalue weighted by molar-refractivity contribution is 0.102. The van der Waals surface area contributed by atoms with E-state index >= 15 is 0 Å². The number of ether oxygens (including phenoxy) is 1. The van der Waals surface area contributed by atoms with Gasteiger partial charge in [-0.05, 0) is 60.5 Å². The van der Waals surface area contributed by atoms with Crippen molar-refractivity contribution in [2.24, 2.45) is 0 Å². The number of benzene rings is 3. The molecule has 1 fully saturated rings. The third-order valence-corrected chi connectivity index (χ3v) is 5.80. The fourth-order valence-corrected chi connectivity index (χ4v) is 4.13. The summed E-state index contributed by atoms with van der Waals surface area (Å²) in [7, 11) is 1.44. The van der Waals surface area contributed by atoms with E-state index in [2.05, 4.69) is 27.7 Å². The fourth-order valence-electron chi connectivity index (χ4n) is 4.13. The second-order valence-electron chi connectivity index (χ2n) is 7.93. The molecule has 3 N–H and O–H groups in total. The van der Waals surface area contributed by atoms with Gasteiger partial charge in [0.25, 0.3) is 5.91 Å². The van der Waals surface area contributed by atoms with Crippen LogP contribution in [0, 0.1) is 11.3 Å². The average Bonchev–Trinajstić information content (AvgIpc) is 2.85. The Balaban J connectivity index is 1.47. The molecule has 1 heterocycles. The minimum absolute atomic E-state index is 0.153. The number of hydrogen-bond donors (Lipinski definition) is 3. The van der Waals surface area contributed by atoms with Gasteiger partial charge in [0, 0.05) is 37.1 Å². The monoisotopic (exact) mass is 442 g/mol. The number of amides is 1. The standard InChI is InChI=1S/C26H26N4O3/c1-33-24-7-3-6-23(25(24)31)26(32)29-20-8-10-21(11-9-20)30-13-12-28-17-22(30)15-18-4-2-5-19(14-18)16-27/h2-11,14,22,28,31H,12-13,15,17H2,1H3,(H,29,32). The highest BCUT2D eigenvalue weighted by Gasteiger charge is 2.23. The van der Waals surface area contributed by atoms with Crippen LogP contribution in [0.2, 0.25) is 0 Å². The van der Waals surface area contributed by atoms with Crippen molar-refractivity contribution >= 4 is 17.3 Å². The minimum Gasteiger partial charge on any atom is -0.504 e. The molecule has 1 atom stereocenters. The molecule has 1 amide bonds. The number of phenolic OH excluding ortho intramolecular Hbond substituents is 1. The number of methoxy groups -OCH3 is 1. The van der Waals surface area contributed by atoms with E-state index in [9.17, 15) is 15.2 Å². The van der Waals surface area contributed by atoms with Crippen molar-refractivity contribution in [3.8, 4) is 17.6 Å². The summed E-state index contributed by atoms with van der Waals surface area (Å²) in [5.41, 5.74) is 3.67. The van der Waals surface area contributed by atoms with Crippen molar-refractivity contribution in [2.75, 3.05) is 37.0 Å². The Morgan fingerprint density at radius 1 is 1.21 bits per heavy atom. The van der Waals surface area contributed by atoms with Crippen LogP contribution in [0.3, 0.4) is 0 Å². The third-order valence-electron chi connectivity index (χ3n) is 5.80. The summed E-state index contributed by atoms with van der Waals surface area (Å²) in [6, 6.07) is 22.7. The van der Waals surface area contributed by atoms with Crippen molar-refractivity contribution in [1.29, 1.82) is 5.26 Å². The number of nitrogens with zero attached hydrogens (tertiary/aromatic N) is 2. The topological polar surface area (TPSA) is 97.6 Å². The highest BCUT2D eigenvalue weighted by Crippen LogP contribution is 2.30. The normalized spacial score (nSPS) is 15.5. The van der Waals surface area contributed by atoms with E-state index < -0.39 is 5.91 Å². The Morgan fingerprint density at radius 2 is 2.00 bits per heavy atom. The van der Waals surface area contributed by atoms with E-state index in [0.717, 1.165) is 37.3 Å². The van der Waals surface area contributed by atoms with Crippen LogP contribution in [-0.4, -0.2) is 43.8 Å². The van der Waals surface area contributed by atoms with Gasteiger partial charge in [0.1, 0.15) is 0 Å². The molecule has 1 unspecified atom stereocenters. The van der Waals surface area contributed by atoms with E-state index in [-0.39, 0.29) is 23.1 Å². The molecule has 7 nitrogen and oxygen atoms in total. The third kappa shape index (κ3) is 5.08. The van der Waals surface area contributed by atoms with E-state index in [1.54, 1.807) is 18.2 Å². The average molecular weight is 443 g/mol. The second-order valence-corrected chi connectivity index (χ2v) is 7.93. The van der Waals surface area contributed by atoms with Gasteiger partial charge in [0.05, 0.1) is 24.3 Å². The minimum atomic E-state index is -0.406. The molecule has 3 aromatic carbocycles. The molecule has 0 spiro atoms. The molecule has 0 aromatic heterocycles. The number of piperazine rings is 1. The van der Waals surface area contributed by atoms with E-state index in [0.29, 0.717) is 11.3 Å². The number of nitrogens with one attached hydrogen (secondary N) is 2. The zero-order valence-electron chi connectivity index (χ0n) is 18.4. The summed E-state index contributed by atoms with van der Waals surface area (Å²) in [4.78, 5) is 15.0. The van der Waals surface area contributed by atoms with Gasteiger partial charge in [-0.3, -0.25) is 4.79 Å². The number of phenols is 1. The lowest BCUT2D eigenvalue weighted by Crippen LogP contribution is -2.52. The van der Waals surface area contributed by atoms with Gasteiger partial charge in [0.2, 0.25) is 0 Å². The van der Waals surface area contributed by atoms with Crippen molar-refractivity contribution in [1.82, 2.24) is 5.32 Å². The van der Waals surface area contributed by atoms with Crippen LogP contribution < -0.4 is 20.3 Å². The van der Waals surface area contributed by atoms with Crippen molar-refractivity contribution < 1.29 is 14.6 Å². The Bertz CT molecular complexity index is 1170. The fraction of sp³-hybridized carbons (Fsp3) is 0.231. The van der Waals surface area contributed by atoms with Crippen molar-refractivity contribution in [3.05, 3.63) is 83.4 Å². The molecule has 3 aromatic rings. The zero-order chi connectivity index (χ0) is 23.2. The number of carbonyl (C=O) groups is 1. The Kier molecular flexibility index (Phi) is 6.77. The molecule has 0 bridgehead atoms. The quantitative estimate of drug-likeness (QED) is 0.540. The predicted octanol–water partition coefficient (Wildman–Crippen LogP) is 3.55. The first-order valence-electron chi connectivity index (χ1n) is 10.8. The molecular weight excluding hydrogens is 416 g/mol. The molecule has 7 heteroatoms. The number of carbonyl (C=O) groups excluding carboxylic acids is 1. The van der Waals surface area contributed by atoms with Gasteiger partial charge in [-0.2, -0.15) is 5.26 Å². The highest BCUT2D eigenvalue weighted by atomic mass is 16.5. The largest absolute Gasteiger partial charge is 0.504 e. The summed E-state index contributed by atoms with van der Waals surface area (Å²) in [6.07, 6.45) is 0.829. The van der Waals surface area contributed by atoms with Crippen LogP contribution in [0.4, 0.5) is 11.4 Å². The van der Waals surface area contributed by atoms with Crippen LogP contribution in [0.5, 0.6) is 11.5 Å². The van der Waals surface area contributed by atoms with E-state index in [4.69, 9.17) is 4.74 Å². The first kappa shape index (κ1) is 22.2. The van der Waals surface area contributed by atoms with Gasteiger partial charge >= 0.3 is 0 Å². The number of nitriles is 1. The smallest absolute Gasteiger partial charge is 0.259 e.